The number of hydrogen-bond donors (Lipinski definition) is 1. The molecular formula is C66H112NO8+. The fourth-order valence-electron chi connectivity index (χ4n) is 7.91. The Hall–Kier alpha value is -4.05. The van der Waals surface area contributed by atoms with Crippen molar-refractivity contribution < 1.29 is 42.9 Å². The number of hydrogen-bond acceptors (Lipinski definition) is 7. The molecule has 2 atom stereocenters. The number of nitrogens with zero attached hydrogens (tertiary/aromatic N) is 1. The number of ether oxygens (including phenoxy) is 4. The molecule has 0 saturated carbocycles. The van der Waals surface area contributed by atoms with Crippen molar-refractivity contribution in [2.75, 3.05) is 47.5 Å². The average Bonchev–Trinajstić information content (AvgIpc) is 3.38. The van der Waals surface area contributed by atoms with Crippen LogP contribution in [-0.4, -0.2) is 87.4 Å². The van der Waals surface area contributed by atoms with Gasteiger partial charge < -0.3 is 28.5 Å². The third kappa shape index (κ3) is 57.5. The molecule has 0 aromatic carbocycles. The van der Waals surface area contributed by atoms with Crippen molar-refractivity contribution in [3.05, 3.63) is 109 Å². The molecule has 0 aromatic rings. The Bertz CT molecular complexity index is 1590. The van der Waals surface area contributed by atoms with Gasteiger partial charge in [-0.15, -0.1) is 0 Å². The van der Waals surface area contributed by atoms with Crippen LogP contribution in [0.5, 0.6) is 0 Å². The van der Waals surface area contributed by atoms with Crippen LogP contribution in [0.3, 0.4) is 0 Å². The highest BCUT2D eigenvalue weighted by Gasteiger charge is 2.25. The lowest BCUT2D eigenvalue weighted by Gasteiger charge is -2.25. The molecule has 0 aliphatic rings. The normalized spacial score (nSPS) is 13.6. The van der Waals surface area contributed by atoms with Crippen molar-refractivity contribution in [3.8, 4) is 0 Å². The van der Waals surface area contributed by atoms with Gasteiger partial charge in [0.2, 0.25) is 0 Å². The Labute approximate surface area is 460 Å². The summed E-state index contributed by atoms with van der Waals surface area (Å²) in [5.41, 5.74) is 0. The van der Waals surface area contributed by atoms with Crippen molar-refractivity contribution >= 4 is 17.9 Å². The molecule has 75 heavy (non-hydrogen) atoms. The molecule has 0 amide bonds. The molecule has 0 bridgehead atoms. The minimum atomic E-state index is -1.52. The third-order valence-corrected chi connectivity index (χ3v) is 12.5. The Balaban J connectivity index is 4.09. The summed E-state index contributed by atoms with van der Waals surface area (Å²) in [4.78, 5) is 37.3. The van der Waals surface area contributed by atoms with Crippen LogP contribution in [0.2, 0.25) is 0 Å². The zero-order valence-electron chi connectivity index (χ0n) is 48.7. The van der Waals surface area contributed by atoms with Crippen molar-refractivity contribution in [2.24, 2.45) is 0 Å². The second kappa shape index (κ2) is 56.2. The predicted molar refractivity (Wildman–Crippen MR) is 318 cm³/mol. The van der Waals surface area contributed by atoms with Gasteiger partial charge in [0, 0.05) is 12.8 Å². The molecule has 0 spiro atoms. The number of aliphatic carboxylic acids is 1. The predicted octanol–water partition coefficient (Wildman–Crippen LogP) is 17.9. The summed E-state index contributed by atoms with van der Waals surface area (Å²) in [5, 5.41) is 9.69. The molecule has 2 unspecified atom stereocenters. The molecule has 0 aliphatic heterocycles. The summed E-state index contributed by atoms with van der Waals surface area (Å²) in [6.45, 7) is 4.67. The van der Waals surface area contributed by atoms with E-state index < -0.39 is 24.3 Å². The molecule has 1 N–H and O–H groups in total. The van der Waals surface area contributed by atoms with Crippen molar-refractivity contribution in [2.45, 2.75) is 245 Å². The van der Waals surface area contributed by atoms with Gasteiger partial charge >= 0.3 is 17.9 Å². The summed E-state index contributed by atoms with van der Waals surface area (Å²) in [6.07, 6.45) is 74.7. The maximum absolute atomic E-state index is 12.9. The van der Waals surface area contributed by atoms with Crippen LogP contribution in [0.1, 0.15) is 232 Å². The van der Waals surface area contributed by atoms with Gasteiger partial charge in [-0.3, -0.25) is 9.59 Å². The minimum Gasteiger partial charge on any atom is -0.477 e. The Kier molecular flexibility index (Phi) is 53.1. The Morgan fingerprint density at radius 2 is 0.760 bits per heavy atom. The summed E-state index contributed by atoms with van der Waals surface area (Å²) < 4.78 is 22.8. The highest BCUT2D eigenvalue weighted by molar-refractivity contribution is 5.71. The number of rotatable bonds is 54. The van der Waals surface area contributed by atoms with Crippen LogP contribution < -0.4 is 0 Å². The first-order valence-electron chi connectivity index (χ1n) is 30.1. The van der Waals surface area contributed by atoms with Crippen molar-refractivity contribution in [3.63, 3.8) is 0 Å². The third-order valence-electron chi connectivity index (χ3n) is 12.5. The fraction of sp³-hybridized carbons (Fsp3) is 0.682. The van der Waals surface area contributed by atoms with E-state index >= 15 is 0 Å². The number of unbranched alkanes of at least 4 members (excludes halogenated alkanes) is 21. The first kappa shape index (κ1) is 71.0. The largest absolute Gasteiger partial charge is 0.477 e. The van der Waals surface area contributed by atoms with E-state index in [4.69, 9.17) is 18.9 Å². The zero-order valence-corrected chi connectivity index (χ0v) is 48.7. The molecule has 0 saturated heterocycles. The monoisotopic (exact) mass is 1050 g/mol. The quantitative estimate of drug-likeness (QED) is 0.0211. The second-order valence-electron chi connectivity index (χ2n) is 20.9. The van der Waals surface area contributed by atoms with E-state index in [1.807, 2.05) is 21.1 Å². The number of carboxylic acids is 1. The lowest BCUT2D eigenvalue weighted by atomic mass is 10.0. The fourth-order valence-corrected chi connectivity index (χ4v) is 7.91. The maximum Gasteiger partial charge on any atom is 0.361 e. The highest BCUT2D eigenvalue weighted by Crippen LogP contribution is 2.16. The van der Waals surface area contributed by atoms with Gasteiger partial charge in [-0.25, -0.2) is 4.79 Å². The van der Waals surface area contributed by atoms with Crippen LogP contribution in [-0.2, 0) is 33.3 Å². The van der Waals surface area contributed by atoms with E-state index in [0.717, 1.165) is 109 Å². The van der Waals surface area contributed by atoms with Crippen LogP contribution >= 0.6 is 0 Å². The van der Waals surface area contributed by atoms with Gasteiger partial charge in [0.1, 0.15) is 13.2 Å². The summed E-state index contributed by atoms with van der Waals surface area (Å²) in [5.74, 6) is -2.03. The maximum atomic E-state index is 12.9. The molecule has 0 radical (unpaired) electrons. The molecule has 0 heterocycles. The minimum absolute atomic E-state index is 0.182. The number of allylic oxidation sites excluding steroid dienone is 18. The van der Waals surface area contributed by atoms with E-state index in [-0.39, 0.29) is 38.6 Å². The van der Waals surface area contributed by atoms with Crippen LogP contribution in [0, 0.1) is 0 Å². The van der Waals surface area contributed by atoms with Gasteiger partial charge in [-0.05, 0) is 96.3 Å². The Morgan fingerprint density at radius 3 is 1.13 bits per heavy atom. The standard InChI is InChI=1S/C66H111NO8/c1-6-8-10-12-14-16-18-20-21-22-23-24-25-26-27-28-29-30-31-32-33-34-35-36-37-38-39-40-41-42-43-45-47-49-51-53-55-57-64(69)75-62(61-74-66(65(70)71)72-59-58-67(3,4)5)60-73-63(68)56-54-52-50-48-46-44-19-17-15-13-11-9-7-2/h8,10-11,13-14,16-17,19-21,23-24,26-27,29-30,32-33,62,66H,6-7,9,12,15,18,22,25,28,31,34-61H2,1-5H3/p+1/b10-8-,13-11-,16-14-,19-17-,21-20-,24-23-,27-26-,30-29-,33-32-. The smallest absolute Gasteiger partial charge is 0.361 e. The van der Waals surface area contributed by atoms with Gasteiger partial charge in [0.15, 0.2) is 6.10 Å². The SMILES string of the molecule is CC/C=C\C/C=C\C/C=C\C/C=C\C/C=C\C/C=C\C/C=C\CCCCCCCCCCCCCCCCCC(=O)OC(COC(=O)CCCCCCC/C=C\C/C=C\CCC)COC(OCC[N+](C)(C)C)C(=O)O. The van der Waals surface area contributed by atoms with Crippen molar-refractivity contribution in [1.82, 2.24) is 0 Å². The average molecular weight is 1050 g/mol. The summed E-state index contributed by atoms with van der Waals surface area (Å²) >= 11 is 0. The van der Waals surface area contributed by atoms with Crippen LogP contribution in [0.25, 0.3) is 0 Å². The number of carbonyl (C=O) groups excluding carboxylic acids is 2. The molecule has 428 valence electrons. The molecular weight excluding hydrogens is 935 g/mol. The van der Waals surface area contributed by atoms with E-state index in [0.29, 0.717) is 17.4 Å². The number of carbonyl (C=O) groups is 3. The molecule has 0 aliphatic carbocycles. The van der Waals surface area contributed by atoms with Gasteiger partial charge in [-0.1, -0.05) is 232 Å². The summed E-state index contributed by atoms with van der Waals surface area (Å²) in [7, 11) is 5.96. The molecule has 9 heteroatoms. The number of quaternary nitrogens is 1. The lowest BCUT2D eigenvalue weighted by molar-refractivity contribution is -0.870. The van der Waals surface area contributed by atoms with Gasteiger partial charge in [0.25, 0.3) is 6.29 Å². The highest BCUT2D eigenvalue weighted by atomic mass is 16.7. The van der Waals surface area contributed by atoms with E-state index in [1.54, 1.807) is 0 Å². The van der Waals surface area contributed by atoms with Crippen LogP contribution in [0.15, 0.2) is 109 Å². The zero-order chi connectivity index (χ0) is 54.8. The molecule has 0 fully saturated rings. The lowest BCUT2D eigenvalue weighted by Crippen LogP contribution is -2.40. The second-order valence-corrected chi connectivity index (χ2v) is 20.9. The number of likely N-dealkylation sites (N-methyl/N-ethyl adjacent to an activating group) is 1. The van der Waals surface area contributed by atoms with Gasteiger partial charge in [-0.2, -0.15) is 0 Å². The first-order chi connectivity index (χ1) is 36.6. The number of carboxylic acid groups (broad SMARTS) is 1. The van der Waals surface area contributed by atoms with E-state index in [1.165, 1.54) is 89.9 Å². The van der Waals surface area contributed by atoms with Gasteiger partial charge in [0.05, 0.1) is 34.4 Å². The molecule has 9 nitrogen and oxygen atoms in total. The van der Waals surface area contributed by atoms with Crippen molar-refractivity contribution in [1.29, 1.82) is 0 Å². The molecule has 0 rings (SSSR count). The Morgan fingerprint density at radius 1 is 0.413 bits per heavy atom. The van der Waals surface area contributed by atoms with E-state index in [9.17, 15) is 19.5 Å². The summed E-state index contributed by atoms with van der Waals surface area (Å²) in [6, 6.07) is 0. The number of esters is 2. The first-order valence-corrected chi connectivity index (χ1v) is 30.1. The molecule has 0 aromatic heterocycles. The topological polar surface area (TPSA) is 108 Å². The van der Waals surface area contributed by atoms with E-state index in [2.05, 4.69) is 123 Å². The van der Waals surface area contributed by atoms with Crippen LogP contribution in [0.4, 0.5) is 0 Å².